The number of benzene rings is 3. The molecule has 2 saturated carbocycles. The maximum Gasteiger partial charge on any atom is 0.332 e. The van der Waals surface area contributed by atoms with E-state index in [1.165, 1.54) is 0 Å². The maximum atomic E-state index is 13.0. The van der Waals surface area contributed by atoms with Crippen molar-refractivity contribution in [1.29, 1.82) is 0 Å². The quantitative estimate of drug-likeness (QED) is 0.181. The molecule has 2 fully saturated rings. The summed E-state index contributed by atoms with van der Waals surface area (Å²) in [5.41, 5.74) is 0.449. The van der Waals surface area contributed by atoms with E-state index in [0.29, 0.717) is 43.4 Å². The van der Waals surface area contributed by atoms with Gasteiger partial charge in [0.25, 0.3) is 11.8 Å². The monoisotopic (exact) mass is 666 g/mol. The number of hydrogen-bond acceptors (Lipinski definition) is 7. The van der Waals surface area contributed by atoms with Gasteiger partial charge < -0.3 is 29.6 Å². The van der Waals surface area contributed by atoms with E-state index >= 15 is 0 Å². The fourth-order valence-corrected chi connectivity index (χ4v) is 6.96. The highest BCUT2D eigenvalue weighted by molar-refractivity contribution is 5.99. The summed E-state index contributed by atoms with van der Waals surface area (Å²) in [5, 5.41) is 16.0. The lowest BCUT2D eigenvalue weighted by Crippen LogP contribution is -2.58. The Morgan fingerprint density at radius 3 is 2.06 bits per heavy atom. The molecule has 0 saturated heterocycles. The second kappa shape index (κ2) is 15.0. The minimum atomic E-state index is -1.12. The molecule has 7 rings (SSSR count). The Balaban J connectivity index is 0.000000177. The molecule has 4 aromatic rings. The highest BCUT2D eigenvalue weighted by atomic mass is 16.5. The number of hydrogen-bond donors (Lipinski definition) is 3. The van der Waals surface area contributed by atoms with E-state index in [0.717, 1.165) is 55.0 Å². The number of rotatable bonds is 8. The Bertz CT molecular complexity index is 1730. The van der Waals surface area contributed by atoms with Crippen LogP contribution in [0, 0.1) is 0 Å². The van der Waals surface area contributed by atoms with Crippen LogP contribution in [0.3, 0.4) is 0 Å². The van der Waals surface area contributed by atoms with E-state index in [1.54, 1.807) is 6.07 Å². The van der Waals surface area contributed by atoms with E-state index in [-0.39, 0.29) is 30.2 Å². The average Bonchev–Trinajstić information content (AvgIpc) is 3.77. The summed E-state index contributed by atoms with van der Waals surface area (Å²) in [6, 6.07) is 26.2. The summed E-state index contributed by atoms with van der Waals surface area (Å²) < 4.78 is 16.9. The predicted molar refractivity (Wildman–Crippen MR) is 182 cm³/mol. The van der Waals surface area contributed by atoms with Crippen molar-refractivity contribution >= 4 is 34.7 Å². The van der Waals surface area contributed by atoms with Gasteiger partial charge in [0.2, 0.25) is 0 Å². The predicted octanol–water partition coefficient (Wildman–Crippen LogP) is 6.50. The van der Waals surface area contributed by atoms with E-state index in [4.69, 9.17) is 13.9 Å². The lowest BCUT2D eigenvalue weighted by molar-refractivity contribution is -0.154. The van der Waals surface area contributed by atoms with Gasteiger partial charge in [-0.3, -0.25) is 9.59 Å². The van der Waals surface area contributed by atoms with Crippen LogP contribution in [0.1, 0.15) is 85.9 Å². The summed E-state index contributed by atoms with van der Waals surface area (Å²) in [5.74, 6) is -1.09. The van der Waals surface area contributed by atoms with Gasteiger partial charge in [-0.2, -0.15) is 0 Å². The molecule has 1 aromatic heterocycles. The molecule has 49 heavy (non-hydrogen) atoms. The topological polar surface area (TPSA) is 144 Å². The lowest BCUT2D eigenvalue weighted by Gasteiger charge is -2.35. The van der Waals surface area contributed by atoms with Gasteiger partial charge in [0.15, 0.2) is 11.9 Å². The Morgan fingerprint density at radius 1 is 0.755 bits per heavy atom. The van der Waals surface area contributed by atoms with Crippen LogP contribution in [0.2, 0.25) is 0 Å². The third-order valence-corrected chi connectivity index (χ3v) is 9.73. The number of carboxylic acid groups (broad SMARTS) is 1. The first-order valence-corrected chi connectivity index (χ1v) is 17.1. The van der Waals surface area contributed by atoms with Gasteiger partial charge in [-0.15, -0.1) is 0 Å². The zero-order valence-electron chi connectivity index (χ0n) is 27.5. The lowest BCUT2D eigenvalue weighted by atomic mass is 9.81. The number of para-hydroxylation sites is 2. The van der Waals surface area contributed by atoms with E-state index in [2.05, 4.69) is 10.6 Å². The second-order valence-electron chi connectivity index (χ2n) is 13.2. The molecule has 2 aliphatic carbocycles. The summed E-state index contributed by atoms with van der Waals surface area (Å²) in [6.07, 6.45) is 7.50. The van der Waals surface area contributed by atoms with Crippen LogP contribution in [0.15, 0.2) is 89.3 Å². The standard InChI is InChI=1S/C23H23NO4.C16H19NO4/c25-21(20-15-18-11-5-6-12-19(18)28-20)24-23(13-7-2-8-14-23)22(26)27-16-17-9-3-1-4-10-17;18-14(13-10-11-6-2-3-7-12(11)21-13)17-16(15(19)20)8-4-1-5-9-16/h1,3-6,9-12,15H,2,7-8,13-14,16H2,(H,24,25);2-3,6-7,13H,1,4-5,8-10H2,(H,17,18)(H,19,20). The molecule has 3 aliphatic rings. The fourth-order valence-electron chi connectivity index (χ4n) is 6.96. The maximum absolute atomic E-state index is 13.0. The van der Waals surface area contributed by atoms with E-state index in [9.17, 15) is 24.3 Å². The smallest absolute Gasteiger partial charge is 0.332 e. The third kappa shape index (κ3) is 7.80. The number of amides is 2. The molecule has 2 heterocycles. The van der Waals surface area contributed by atoms with Crippen LogP contribution in [-0.4, -0.2) is 46.0 Å². The molecule has 10 nitrogen and oxygen atoms in total. The van der Waals surface area contributed by atoms with Crippen molar-refractivity contribution in [3.05, 3.63) is 102 Å². The van der Waals surface area contributed by atoms with Crippen LogP contribution in [0.25, 0.3) is 11.0 Å². The van der Waals surface area contributed by atoms with Crippen molar-refractivity contribution in [2.24, 2.45) is 0 Å². The molecule has 0 radical (unpaired) electrons. The van der Waals surface area contributed by atoms with E-state index in [1.807, 2.05) is 78.9 Å². The Labute approximate surface area is 285 Å². The average molecular weight is 667 g/mol. The van der Waals surface area contributed by atoms with Gasteiger partial charge in [-0.25, -0.2) is 9.59 Å². The number of esters is 1. The molecule has 1 aliphatic heterocycles. The van der Waals surface area contributed by atoms with Crippen LogP contribution in [0.4, 0.5) is 0 Å². The van der Waals surface area contributed by atoms with Gasteiger partial charge in [0.1, 0.15) is 29.0 Å². The fraction of sp³-hybridized carbons (Fsp3) is 0.385. The SMILES string of the molecule is O=C(NC1(C(=O)O)CCCCC1)C1Cc2ccccc2O1.O=C(NC1(C(=O)OCc2ccccc2)CCCCC1)c1cc2ccccc2o1. The van der Waals surface area contributed by atoms with Gasteiger partial charge in [0, 0.05) is 11.8 Å². The number of fused-ring (bicyclic) bond motifs is 2. The summed E-state index contributed by atoms with van der Waals surface area (Å²) in [6.45, 7) is 0.196. The van der Waals surface area contributed by atoms with E-state index < -0.39 is 23.2 Å². The number of furan rings is 1. The highest BCUT2D eigenvalue weighted by Gasteiger charge is 2.44. The largest absolute Gasteiger partial charge is 0.480 e. The molecule has 2 amide bonds. The van der Waals surface area contributed by atoms with Crippen molar-refractivity contribution in [2.45, 2.75) is 94.4 Å². The van der Waals surface area contributed by atoms with Crippen molar-refractivity contribution in [3.63, 3.8) is 0 Å². The number of nitrogens with one attached hydrogen (secondary N) is 2. The third-order valence-electron chi connectivity index (χ3n) is 9.73. The summed E-state index contributed by atoms with van der Waals surface area (Å²) in [7, 11) is 0. The van der Waals surface area contributed by atoms with Gasteiger partial charge in [-0.05, 0) is 55.0 Å². The number of aliphatic carboxylic acids is 1. The molecule has 0 spiro atoms. The molecular formula is C39H42N2O8. The highest BCUT2D eigenvalue weighted by Crippen LogP contribution is 2.33. The number of carbonyl (C=O) groups excluding carboxylic acids is 3. The Kier molecular flexibility index (Phi) is 10.3. The van der Waals surface area contributed by atoms with Crippen LogP contribution in [0.5, 0.6) is 5.75 Å². The Morgan fingerprint density at radius 2 is 1.39 bits per heavy atom. The normalized spacial score (nSPS) is 18.9. The van der Waals surface area contributed by atoms with Gasteiger partial charge in [-0.1, -0.05) is 105 Å². The molecular weight excluding hydrogens is 624 g/mol. The number of carbonyl (C=O) groups is 4. The second-order valence-corrected chi connectivity index (χ2v) is 13.2. The minimum absolute atomic E-state index is 0.196. The first kappa shape index (κ1) is 33.8. The minimum Gasteiger partial charge on any atom is -0.480 e. The number of carboxylic acids is 1. The molecule has 0 bridgehead atoms. The molecule has 256 valence electrons. The Hall–Kier alpha value is -5.12. The molecule has 3 N–H and O–H groups in total. The summed E-state index contributed by atoms with van der Waals surface area (Å²) >= 11 is 0. The molecule has 10 heteroatoms. The van der Waals surface area contributed by atoms with Crippen molar-refractivity contribution < 1.29 is 38.2 Å². The first-order chi connectivity index (χ1) is 23.8. The summed E-state index contributed by atoms with van der Waals surface area (Å²) in [4.78, 5) is 49.8. The number of ether oxygens (including phenoxy) is 2. The van der Waals surface area contributed by atoms with Crippen LogP contribution < -0.4 is 15.4 Å². The zero-order chi connectivity index (χ0) is 34.3. The van der Waals surface area contributed by atoms with Crippen molar-refractivity contribution in [1.82, 2.24) is 10.6 Å². The molecule has 1 unspecified atom stereocenters. The zero-order valence-corrected chi connectivity index (χ0v) is 27.5. The van der Waals surface area contributed by atoms with Crippen molar-refractivity contribution in [3.8, 4) is 5.75 Å². The molecule has 3 aromatic carbocycles. The first-order valence-electron chi connectivity index (χ1n) is 17.1. The molecule has 1 atom stereocenters. The van der Waals surface area contributed by atoms with Crippen LogP contribution >= 0.6 is 0 Å². The van der Waals surface area contributed by atoms with Crippen LogP contribution in [-0.2, 0) is 32.1 Å². The van der Waals surface area contributed by atoms with Crippen molar-refractivity contribution in [2.75, 3.05) is 0 Å². The van der Waals surface area contributed by atoms with Gasteiger partial charge in [0.05, 0.1) is 0 Å². The van der Waals surface area contributed by atoms with Gasteiger partial charge >= 0.3 is 11.9 Å².